The van der Waals surface area contributed by atoms with Gasteiger partial charge in [-0.15, -0.1) is 0 Å². The number of rotatable bonds is 30. The molecular formula is C34H59N13O14. The molecule has 0 fully saturated rings. The molecule has 27 heteroatoms. The molecule has 0 radical (unpaired) electrons. The highest BCUT2D eigenvalue weighted by atomic mass is 16.4. The Morgan fingerprint density at radius 2 is 0.967 bits per heavy atom. The Morgan fingerprint density at radius 1 is 0.525 bits per heavy atom. The minimum Gasteiger partial charge on any atom is -0.481 e. The molecule has 8 atom stereocenters. The van der Waals surface area contributed by atoms with Gasteiger partial charge in [0, 0.05) is 13.0 Å². The van der Waals surface area contributed by atoms with Crippen molar-refractivity contribution in [2.45, 2.75) is 127 Å². The number of primary amides is 1. The predicted octanol–water partition coefficient (Wildman–Crippen LogP) is -6.54. The first-order valence-electron chi connectivity index (χ1n) is 19.0. The van der Waals surface area contributed by atoms with E-state index in [9.17, 15) is 63.0 Å². The molecule has 20 N–H and O–H groups in total. The van der Waals surface area contributed by atoms with E-state index in [0.717, 1.165) is 20.8 Å². The quantitative estimate of drug-likeness (QED) is 0.0181. The van der Waals surface area contributed by atoms with Crippen LogP contribution in [0.15, 0.2) is 0 Å². The van der Waals surface area contributed by atoms with Crippen molar-refractivity contribution in [1.29, 1.82) is 5.41 Å². The Balaban J connectivity index is 5.99. The van der Waals surface area contributed by atoms with Crippen molar-refractivity contribution in [3.63, 3.8) is 0 Å². The van der Waals surface area contributed by atoms with Crippen LogP contribution in [-0.4, -0.2) is 148 Å². The van der Waals surface area contributed by atoms with Crippen molar-refractivity contribution in [2.24, 2.45) is 22.9 Å². The molecule has 0 saturated heterocycles. The maximum atomic E-state index is 13.5. The molecule has 0 rings (SSSR count). The largest absolute Gasteiger partial charge is 0.481 e. The molecule has 27 nitrogen and oxygen atoms in total. The molecule has 0 heterocycles. The second-order valence-corrected chi connectivity index (χ2v) is 13.8. The lowest BCUT2D eigenvalue weighted by Gasteiger charge is -2.26. The summed E-state index contributed by atoms with van der Waals surface area (Å²) in [7, 11) is 0. The highest BCUT2D eigenvalue weighted by molar-refractivity contribution is 5.99. The van der Waals surface area contributed by atoms with Gasteiger partial charge in [0.2, 0.25) is 47.3 Å². The van der Waals surface area contributed by atoms with Gasteiger partial charge in [0.15, 0.2) is 5.96 Å². The van der Waals surface area contributed by atoms with E-state index < -0.39 is 139 Å². The summed E-state index contributed by atoms with van der Waals surface area (Å²) in [5.74, 6) is -13.1. The molecule has 0 aliphatic heterocycles. The Hall–Kier alpha value is -6.64. The third kappa shape index (κ3) is 22.9. The van der Waals surface area contributed by atoms with Crippen molar-refractivity contribution in [2.75, 3.05) is 13.1 Å². The summed E-state index contributed by atoms with van der Waals surface area (Å²) in [5.41, 5.74) is 22.0. The fraction of sp³-hybridized carbons (Fsp3) is 0.647. The monoisotopic (exact) mass is 873 g/mol. The maximum absolute atomic E-state index is 13.5. The van der Waals surface area contributed by atoms with Gasteiger partial charge in [0.05, 0.1) is 18.9 Å². The minimum atomic E-state index is -1.78. The summed E-state index contributed by atoms with van der Waals surface area (Å²) in [4.78, 5) is 137. The first-order valence-corrected chi connectivity index (χ1v) is 19.0. The maximum Gasteiger partial charge on any atom is 0.325 e. The van der Waals surface area contributed by atoms with Crippen molar-refractivity contribution < 1.29 is 68.1 Å². The van der Waals surface area contributed by atoms with Gasteiger partial charge in [-0.05, 0) is 59.4 Å². The van der Waals surface area contributed by atoms with Gasteiger partial charge in [0.1, 0.15) is 42.3 Å². The number of carbonyl (C=O) groups is 11. The van der Waals surface area contributed by atoms with Crippen LogP contribution in [0.4, 0.5) is 0 Å². The highest BCUT2D eigenvalue weighted by Crippen LogP contribution is 2.06. The third-order valence-electron chi connectivity index (χ3n) is 8.49. The smallest absolute Gasteiger partial charge is 0.325 e. The summed E-state index contributed by atoms with van der Waals surface area (Å²) >= 11 is 0. The standard InChI is InChI=1S/C34H59N13O14/c1-15(26(53)46-21(13-23(37)48)31(58)42-16(2)27(54)47-22(14-25(51)52)32(59)43-17(3)33(60)61)41-29(56)20(9-10-24(49)50)45-30(57)19(8-6-12-40-34(38)39)44-28(55)18(36)7-4-5-11-35/h15-22H,4-14,35-36H2,1-3H3,(H2,37,48)(H,41,56)(H,42,58)(H,43,59)(H,44,55)(H,45,57)(H,46,53)(H,47,54)(H,49,50)(H,51,52)(H,60,61)(H4,38,39,40)/t15-,16-,17-,18-,19-,20-,21-,22-/m0/s1. The zero-order chi connectivity index (χ0) is 47.0. The molecule has 8 amide bonds. The molecule has 0 aromatic heterocycles. The Morgan fingerprint density at radius 3 is 1.43 bits per heavy atom. The van der Waals surface area contributed by atoms with E-state index in [4.69, 9.17) is 33.5 Å². The SMILES string of the molecule is C[C@H](NC(=O)[C@H](CC(=O)O)NC(=O)[C@H](C)NC(=O)[C@H](CC(N)=O)NC(=O)[C@H](C)NC(=O)[C@H](CCC(=O)O)NC(=O)[C@H](CCCNC(=N)N)NC(=O)[C@@H](N)CCCCN)C(=O)O. The number of aliphatic carboxylic acids is 3. The van der Waals surface area contributed by atoms with E-state index in [-0.39, 0.29) is 31.8 Å². The average molecular weight is 874 g/mol. The Bertz CT molecular complexity index is 1610. The minimum absolute atomic E-state index is 0.0483. The van der Waals surface area contributed by atoms with Gasteiger partial charge in [-0.1, -0.05) is 6.42 Å². The van der Waals surface area contributed by atoms with Gasteiger partial charge >= 0.3 is 17.9 Å². The molecule has 0 saturated carbocycles. The van der Waals surface area contributed by atoms with Crippen molar-refractivity contribution in [1.82, 2.24) is 42.5 Å². The molecule has 0 bridgehead atoms. The van der Waals surface area contributed by atoms with Crippen molar-refractivity contribution >= 4 is 71.1 Å². The van der Waals surface area contributed by atoms with Crippen LogP contribution in [0.3, 0.4) is 0 Å². The summed E-state index contributed by atoms with van der Waals surface area (Å²) in [6.07, 6.45) is -1.45. The van der Waals surface area contributed by atoms with Gasteiger partial charge in [-0.25, -0.2) is 0 Å². The number of nitrogens with two attached hydrogens (primary N) is 4. The number of nitrogens with one attached hydrogen (secondary N) is 9. The van der Waals surface area contributed by atoms with Crippen LogP contribution in [0.5, 0.6) is 0 Å². The lowest BCUT2D eigenvalue weighted by Crippen LogP contribution is -2.59. The van der Waals surface area contributed by atoms with Crippen LogP contribution >= 0.6 is 0 Å². The van der Waals surface area contributed by atoms with Crippen LogP contribution in [0, 0.1) is 5.41 Å². The van der Waals surface area contributed by atoms with E-state index in [2.05, 4.69) is 37.2 Å². The van der Waals surface area contributed by atoms with Crippen molar-refractivity contribution in [3.8, 4) is 0 Å². The van der Waals surface area contributed by atoms with Gasteiger partial charge < -0.3 is 80.8 Å². The van der Waals surface area contributed by atoms with E-state index in [1.807, 2.05) is 5.32 Å². The highest BCUT2D eigenvalue weighted by Gasteiger charge is 2.33. The Kier molecular flexibility index (Phi) is 24.9. The summed E-state index contributed by atoms with van der Waals surface area (Å²) < 4.78 is 0. The number of hydrogen-bond acceptors (Lipinski definition) is 14. The lowest BCUT2D eigenvalue weighted by atomic mass is 10.1. The fourth-order valence-electron chi connectivity index (χ4n) is 5.05. The number of guanidine groups is 1. The third-order valence-corrected chi connectivity index (χ3v) is 8.49. The lowest BCUT2D eigenvalue weighted by molar-refractivity contribution is -0.143. The first kappa shape index (κ1) is 54.4. The van der Waals surface area contributed by atoms with E-state index >= 15 is 0 Å². The van der Waals surface area contributed by atoms with Crippen LogP contribution < -0.4 is 65.5 Å². The molecule has 0 aliphatic carbocycles. The topological polar surface area (TPSA) is 473 Å². The summed E-state index contributed by atoms with van der Waals surface area (Å²) in [6.45, 7) is 3.80. The van der Waals surface area contributed by atoms with Crippen LogP contribution in [0.25, 0.3) is 0 Å². The van der Waals surface area contributed by atoms with Crippen LogP contribution in [-0.2, 0) is 52.7 Å². The van der Waals surface area contributed by atoms with E-state index in [1.54, 1.807) is 0 Å². The Labute approximate surface area is 349 Å². The normalized spacial score (nSPS) is 14.6. The zero-order valence-corrected chi connectivity index (χ0v) is 34.0. The molecule has 0 aromatic rings. The molecule has 0 unspecified atom stereocenters. The zero-order valence-electron chi connectivity index (χ0n) is 34.0. The summed E-state index contributed by atoms with van der Waals surface area (Å²) in [6, 6.07) is -12.0. The van der Waals surface area contributed by atoms with Gasteiger partial charge in [-0.2, -0.15) is 0 Å². The van der Waals surface area contributed by atoms with Gasteiger partial charge in [0.25, 0.3) is 0 Å². The number of carboxylic acid groups (broad SMARTS) is 3. The number of hydrogen-bond donors (Lipinski definition) is 16. The second-order valence-electron chi connectivity index (χ2n) is 13.8. The van der Waals surface area contributed by atoms with E-state index in [1.165, 1.54) is 0 Å². The van der Waals surface area contributed by atoms with E-state index in [0.29, 0.717) is 19.4 Å². The second kappa shape index (κ2) is 27.9. The average Bonchev–Trinajstić information content (AvgIpc) is 3.15. The van der Waals surface area contributed by atoms with Crippen LogP contribution in [0.2, 0.25) is 0 Å². The molecule has 344 valence electrons. The number of carbonyl (C=O) groups excluding carboxylic acids is 8. The molecular weight excluding hydrogens is 814 g/mol. The number of unbranched alkanes of at least 4 members (excludes halogenated alkanes) is 1. The molecule has 61 heavy (non-hydrogen) atoms. The molecule has 0 aromatic carbocycles. The number of amides is 8. The van der Waals surface area contributed by atoms with Crippen LogP contribution in [0.1, 0.15) is 78.6 Å². The molecule has 0 aliphatic rings. The number of carboxylic acids is 3. The van der Waals surface area contributed by atoms with Gasteiger partial charge in [-0.3, -0.25) is 58.1 Å². The first-order chi connectivity index (χ1) is 28.4. The van der Waals surface area contributed by atoms with Crippen molar-refractivity contribution in [3.05, 3.63) is 0 Å². The predicted molar refractivity (Wildman–Crippen MR) is 211 cm³/mol. The summed E-state index contributed by atoms with van der Waals surface area (Å²) in [5, 5.41) is 52.9. The molecule has 0 spiro atoms. The fourth-order valence-corrected chi connectivity index (χ4v) is 5.05.